The third-order valence-corrected chi connectivity index (χ3v) is 2.09. The molecule has 1 aromatic carbocycles. The fourth-order valence-electron chi connectivity index (χ4n) is 1.19. The Morgan fingerprint density at radius 2 is 1.81 bits per heavy atom. The van der Waals surface area contributed by atoms with E-state index in [1.807, 2.05) is 0 Å². The van der Waals surface area contributed by atoms with Crippen molar-refractivity contribution in [1.29, 1.82) is 0 Å². The monoisotopic (exact) mass is 308 g/mol. The minimum Gasteiger partial charge on any atom is -0.479 e. The van der Waals surface area contributed by atoms with Crippen molar-refractivity contribution in [3.05, 3.63) is 24.3 Å². The van der Waals surface area contributed by atoms with Gasteiger partial charge in [-0.05, 0) is 24.3 Å². The van der Waals surface area contributed by atoms with E-state index in [-0.39, 0.29) is 5.69 Å². The summed E-state index contributed by atoms with van der Waals surface area (Å²) < 4.78 is 39.4. The van der Waals surface area contributed by atoms with Gasteiger partial charge in [0, 0.05) is 5.69 Å². The van der Waals surface area contributed by atoms with Gasteiger partial charge in [0.05, 0.1) is 6.54 Å². The van der Waals surface area contributed by atoms with Crippen LogP contribution in [-0.4, -0.2) is 41.2 Å². The topological polar surface area (TPSA) is 108 Å². The van der Waals surface area contributed by atoms with Gasteiger partial charge in [-0.15, -0.1) is 13.2 Å². The molecule has 2 amide bonds. The van der Waals surface area contributed by atoms with Crippen LogP contribution in [0.25, 0.3) is 0 Å². The number of alkyl halides is 3. The summed E-state index contributed by atoms with van der Waals surface area (Å²) in [6.07, 6.45) is -6.56. The van der Waals surface area contributed by atoms with Crippen LogP contribution in [0, 0.1) is 0 Å². The highest BCUT2D eigenvalue weighted by Gasteiger charge is 2.30. The predicted octanol–water partition coefficient (Wildman–Crippen LogP) is 1.15. The van der Waals surface area contributed by atoms with E-state index in [1.54, 1.807) is 0 Å². The molecule has 1 atom stereocenters. The van der Waals surface area contributed by atoms with Crippen molar-refractivity contribution in [2.75, 3.05) is 11.9 Å². The van der Waals surface area contributed by atoms with Crippen LogP contribution in [0.3, 0.4) is 0 Å². The smallest absolute Gasteiger partial charge is 0.479 e. The number of amides is 2. The number of aliphatic carboxylic acids is 1. The van der Waals surface area contributed by atoms with Crippen LogP contribution in [0.15, 0.2) is 24.3 Å². The van der Waals surface area contributed by atoms with Gasteiger partial charge in [-0.25, -0.2) is 9.59 Å². The number of ether oxygens (including phenoxy) is 1. The van der Waals surface area contributed by atoms with E-state index < -0.39 is 36.8 Å². The fraction of sp³-hybridized carbons (Fsp3) is 0.273. The number of hydrogen-bond donors (Lipinski definition) is 4. The minimum absolute atomic E-state index is 0.159. The second-order valence-electron chi connectivity index (χ2n) is 3.76. The van der Waals surface area contributed by atoms with Gasteiger partial charge in [-0.2, -0.15) is 0 Å². The number of carbonyl (C=O) groups excluding carboxylic acids is 1. The lowest BCUT2D eigenvalue weighted by molar-refractivity contribution is -0.274. The molecular weight excluding hydrogens is 297 g/mol. The molecule has 4 N–H and O–H groups in total. The van der Waals surface area contributed by atoms with E-state index in [4.69, 9.17) is 10.2 Å². The summed E-state index contributed by atoms with van der Waals surface area (Å²) in [5.74, 6) is -1.95. The van der Waals surface area contributed by atoms with Crippen molar-refractivity contribution in [2.24, 2.45) is 0 Å². The van der Waals surface area contributed by atoms with Gasteiger partial charge < -0.3 is 25.6 Å². The molecule has 7 nitrogen and oxygen atoms in total. The van der Waals surface area contributed by atoms with Gasteiger partial charge in [-0.3, -0.25) is 0 Å². The molecule has 1 rings (SSSR count). The number of nitrogens with one attached hydrogen (secondary N) is 2. The molecule has 0 heterocycles. The van der Waals surface area contributed by atoms with Crippen molar-refractivity contribution >= 4 is 17.7 Å². The van der Waals surface area contributed by atoms with E-state index in [9.17, 15) is 22.8 Å². The zero-order chi connectivity index (χ0) is 16.0. The Labute approximate surface area is 116 Å². The Morgan fingerprint density at radius 3 is 2.29 bits per heavy atom. The van der Waals surface area contributed by atoms with E-state index in [1.165, 1.54) is 0 Å². The number of carbonyl (C=O) groups is 2. The Bertz CT molecular complexity index is 504. The third-order valence-electron chi connectivity index (χ3n) is 2.09. The van der Waals surface area contributed by atoms with Crippen LogP contribution in [0.2, 0.25) is 0 Å². The third kappa shape index (κ3) is 6.47. The number of urea groups is 1. The molecule has 0 fully saturated rings. The van der Waals surface area contributed by atoms with Crippen molar-refractivity contribution in [2.45, 2.75) is 12.5 Å². The molecule has 1 unspecified atom stereocenters. The molecule has 0 saturated heterocycles. The number of carboxylic acid groups (broad SMARTS) is 1. The van der Waals surface area contributed by atoms with Gasteiger partial charge in [0.25, 0.3) is 0 Å². The highest BCUT2D eigenvalue weighted by atomic mass is 19.4. The lowest BCUT2D eigenvalue weighted by atomic mass is 10.3. The Hall–Kier alpha value is -2.49. The van der Waals surface area contributed by atoms with Crippen LogP contribution in [-0.2, 0) is 4.79 Å². The highest BCUT2D eigenvalue weighted by Crippen LogP contribution is 2.23. The first-order valence-corrected chi connectivity index (χ1v) is 5.49. The summed E-state index contributed by atoms with van der Waals surface area (Å²) in [7, 11) is 0. The molecule has 0 aliphatic carbocycles. The number of aliphatic hydroxyl groups is 1. The summed E-state index contributed by atoms with van der Waals surface area (Å²) in [4.78, 5) is 21.6. The molecule has 10 heteroatoms. The largest absolute Gasteiger partial charge is 0.573 e. The zero-order valence-corrected chi connectivity index (χ0v) is 10.3. The molecule has 21 heavy (non-hydrogen) atoms. The van der Waals surface area contributed by atoms with Gasteiger partial charge in [0.1, 0.15) is 5.75 Å². The van der Waals surface area contributed by atoms with Crippen molar-refractivity contribution in [1.82, 2.24) is 5.32 Å². The lowest BCUT2D eigenvalue weighted by Crippen LogP contribution is -2.38. The summed E-state index contributed by atoms with van der Waals surface area (Å²) in [6.45, 7) is -0.517. The first-order chi connectivity index (χ1) is 9.67. The molecule has 1 aromatic rings. The maximum absolute atomic E-state index is 11.9. The maximum atomic E-state index is 11.9. The number of anilines is 1. The van der Waals surface area contributed by atoms with E-state index in [0.717, 1.165) is 24.3 Å². The van der Waals surface area contributed by atoms with Gasteiger partial charge in [0.2, 0.25) is 0 Å². The Balaban J connectivity index is 2.48. The molecule has 0 spiro atoms. The number of aliphatic hydroxyl groups excluding tert-OH is 1. The van der Waals surface area contributed by atoms with Crippen LogP contribution < -0.4 is 15.4 Å². The molecule has 0 radical (unpaired) electrons. The average molecular weight is 308 g/mol. The summed E-state index contributed by atoms with van der Waals surface area (Å²) in [6, 6.07) is 3.49. The van der Waals surface area contributed by atoms with E-state index >= 15 is 0 Å². The molecular formula is C11H11F3N2O5. The normalized spacial score (nSPS) is 12.4. The molecule has 0 aliphatic heterocycles. The van der Waals surface area contributed by atoms with Crippen LogP contribution in [0.4, 0.5) is 23.7 Å². The van der Waals surface area contributed by atoms with Crippen LogP contribution in [0.1, 0.15) is 0 Å². The number of carboxylic acids is 1. The van der Waals surface area contributed by atoms with Crippen molar-refractivity contribution in [3.8, 4) is 5.75 Å². The Kier molecular flexibility index (Phi) is 5.36. The minimum atomic E-state index is -4.81. The van der Waals surface area contributed by atoms with Gasteiger partial charge in [0.15, 0.2) is 6.10 Å². The van der Waals surface area contributed by atoms with Crippen LogP contribution in [0.5, 0.6) is 5.75 Å². The second kappa shape index (κ2) is 6.79. The molecule has 116 valence electrons. The van der Waals surface area contributed by atoms with Crippen molar-refractivity contribution in [3.63, 3.8) is 0 Å². The molecule has 0 aliphatic rings. The first-order valence-electron chi connectivity index (χ1n) is 5.49. The Morgan fingerprint density at radius 1 is 1.24 bits per heavy atom. The van der Waals surface area contributed by atoms with Gasteiger partial charge in [-0.1, -0.05) is 0 Å². The number of hydrogen-bond acceptors (Lipinski definition) is 4. The molecule has 0 saturated carbocycles. The zero-order valence-electron chi connectivity index (χ0n) is 10.3. The summed E-state index contributed by atoms with van der Waals surface area (Å²) >= 11 is 0. The average Bonchev–Trinajstić information content (AvgIpc) is 2.36. The van der Waals surface area contributed by atoms with Crippen molar-refractivity contribution < 1.29 is 37.7 Å². The second-order valence-corrected chi connectivity index (χ2v) is 3.76. The quantitative estimate of drug-likeness (QED) is 0.652. The van der Waals surface area contributed by atoms with Gasteiger partial charge >= 0.3 is 18.4 Å². The van der Waals surface area contributed by atoms with E-state index in [2.05, 4.69) is 15.4 Å². The summed E-state index contributed by atoms with van der Waals surface area (Å²) in [5, 5.41) is 21.6. The lowest BCUT2D eigenvalue weighted by Gasteiger charge is -2.11. The standard InChI is InChI=1S/C11H11F3N2O5/c12-11(13,14)21-7-3-1-6(2-4-7)16-10(20)15-5-8(17)9(18)19/h1-4,8,17H,5H2,(H,18,19)(H2,15,16,20). The fourth-order valence-corrected chi connectivity index (χ4v) is 1.19. The first kappa shape index (κ1) is 16.6. The highest BCUT2D eigenvalue weighted by molar-refractivity contribution is 5.89. The number of benzene rings is 1. The van der Waals surface area contributed by atoms with E-state index in [0.29, 0.717) is 0 Å². The van der Waals surface area contributed by atoms with Crippen LogP contribution >= 0.6 is 0 Å². The maximum Gasteiger partial charge on any atom is 0.573 e. The predicted molar refractivity (Wildman–Crippen MR) is 63.8 cm³/mol. The summed E-state index contributed by atoms with van der Waals surface area (Å²) in [5.41, 5.74) is 0.159. The molecule has 0 bridgehead atoms. The molecule has 0 aromatic heterocycles. The number of rotatable bonds is 5. The number of halogens is 3. The SMILES string of the molecule is O=C(NCC(O)C(=O)O)Nc1ccc(OC(F)(F)F)cc1.